The molecule has 1 amide bonds. The minimum absolute atomic E-state index is 0.00912. The van der Waals surface area contributed by atoms with E-state index in [9.17, 15) is 9.00 Å². The highest BCUT2D eigenvalue weighted by Gasteiger charge is 2.24. The SMILES string of the molecule is CC(=O)N1CCCC(S(=O)O)C1. The zero-order valence-electron chi connectivity index (χ0n) is 7.02. The standard InChI is InChI=1S/C7H13NO3S/c1-6(9)8-4-2-3-7(5-8)12(10)11/h7H,2-5H2,1H3,(H,10,11). The Morgan fingerprint density at radius 3 is 2.83 bits per heavy atom. The number of carbonyl (C=O) groups excluding carboxylic acids is 1. The van der Waals surface area contributed by atoms with Crippen LogP contribution in [-0.4, -0.2) is 37.9 Å². The molecule has 70 valence electrons. The summed E-state index contributed by atoms with van der Waals surface area (Å²) in [7, 11) is 0. The first-order chi connectivity index (χ1) is 5.61. The molecular weight excluding hydrogens is 178 g/mol. The molecule has 1 rings (SSSR count). The normalized spacial score (nSPS) is 26.8. The van der Waals surface area contributed by atoms with Crippen LogP contribution in [0.25, 0.3) is 0 Å². The summed E-state index contributed by atoms with van der Waals surface area (Å²) in [6.07, 6.45) is 1.57. The van der Waals surface area contributed by atoms with Crippen molar-refractivity contribution in [3.8, 4) is 0 Å². The van der Waals surface area contributed by atoms with Crippen LogP contribution in [0.1, 0.15) is 19.8 Å². The molecule has 1 fully saturated rings. The Balaban J connectivity index is 2.51. The highest BCUT2D eigenvalue weighted by atomic mass is 32.2. The Morgan fingerprint density at radius 2 is 2.33 bits per heavy atom. The molecule has 2 unspecified atom stereocenters. The van der Waals surface area contributed by atoms with Crippen LogP contribution in [-0.2, 0) is 15.9 Å². The lowest BCUT2D eigenvalue weighted by Crippen LogP contribution is -2.42. The first kappa shape index (κ1) is 9.67. The smallest absolute Gasteiger partial charge is 0.219 e. The summed E-state index contributed by atoms with van der Waals surface area (Å²) >= 11 is -1.78. The number of hydrogen-bond donors (Lipinski definition) is 1. The van der Waals surface area contributed by atoms with Crippen LogP contribution in [0.15, 0.2) is 0 Å². The molecule has 1 heterocycles. The summed E-state index contributed by atoms with van der Waals surface area (Å²) in [6.45, 7) is 2.64. The summed E-state index contributed by atoms with van der Waals surface area (Å²) in [4.78, 5) is 12.5. The second-order valence-corrected chi connectivity index (χ2v) is 4.22. The minimum Gasteiger partial charge on any atom is -0.342 e. The zero-order chi connectivity index (χ0) is 9.14. The molecule has 1 aliphatic rings. The molecule has 0 spiro atoms. The Hall–Kier alpha value is -0.420. The van der Waals surface area contributed by atoms with Crippen LogP contribution >= 0.6 is 0 Å². The monoisotopic (exact) mass is 191 g/mol. The Morgan fingerprint density at radius 1 is 1.67 bits per heavy atom. The maximum absolute atomic E-state index is 10.9. The van der Waals surface area contributed by atoms with Gasteiger partial charge in [-0.1, -0.05) is 0 Å². The van der Waals surface area contributed by atoms with Gasteiger partial charge < -0.3 is 9.45 Å². The van der Waals surface area contributed by atoms with Gasteiger partial charge >= 0.3 is 0 Å². The van der Waals surface area contributed by atoms with Gasteiger partial charge in [0.15, 0.2) is 11.1 Å². The van der Waals surface area contributed by atoms with E-state index in [1.165, 1.54) is 6.92 Å². The van der Waals surface area contributed by atoms with Gasteiger partial charge in [-0.2, -0.15) is 0 Å². The first-order valence-electron chi connectivity index (χ1n) is 3.96. The summed E-state index contributed by atoms with van der Waals surface area (Å²) in [5, 5.41) is -0.248. The van der Waals surface area contributed by atoms with Crippen molar-refractivity contribution >= 4 is 17.0 Å². The second kappa shape index (κ2) is 4.00. The third-order valence-corrected chi connectivity index (χ3v) is 3.06. The van der Waals surface area contributed by atoms with Gasteiger partial charge in [0.25, 0.3) is 0 Å². The van der Waals surface area contributed by atoms with Crippen molar-refractivity contribution in [3.05, 3.63) is 0 Å². The summed E-state index contributed by atoms with van der Waals surface area (Å²) in [6, 6.07) is 0. The largest absolute Gasteiger partial charge is 0.342 e. The number of carbonyl (C=O) groups is 1. The van der Waals surface area contributed by atoms with Crippen LogP contribution in [0.3, 0.4) is 0 Å². The minimum atomic E-state index is -1.78. The fraction of sp³-hybridized carbons (Fsp3) is 0.857. The van der Waals surface area contributed by atoms with Gasteiger partial charge in [0, 0.05) is 20.0 Å². The van der Waals surface area contributed by atoms with Crippen molar-refractivity contribution in [1.82, 2.24) is 4.90 Å². The molecule has 4 nitrogen and oxygen atoms in total. The van der Waals surface area contributed by atoms with Crippen molar-refractivity contribution in [1.29, 1.82) is 0 Å². The van der Waals surface area contributed by atoms with Gasteiger partial charge in [0.1, 0.15) is 0 Å². The maximum Gasteiger partial charge on any atom is 0.219 e. The van der Waals surface area contributed by atoms with Gasteiger partial charge in [-0.15, -0.1) is 0 Å². The van der Waals surface area contributed by atoms with E-state index >= 15 is 0 Å². The number of rotatable bonds is 1. The predicted molar refractivity (Wildman–Crippen MR) is 46.0 cm³/mol. The molecule has 0 aromatic carbocycles. The van der Waals surface area contributed by atoms with E-state index in [1.807, 2.05) is 0 Å². The van der Waals surface area contributed by atoms with Crippen molar-refractivity contribution in [3.63, 3.8) is 0 Å². The second-order valence-electron chi connectivity index (χ2n) is 3.01. The van der Waals surface area contributed by atoms with Crippen LogP contribution in [0, 0.1) is 0 Å². The fourth-order valence-corrected chi connectivity index (χ4v) is 2.06. The van der Waals surface area contributed by atoms with E-state index in [1.54, 1.807) is 4.90 Å². The van der Waals surface area contributed by atoms with E-state index in [0.29, 0.717) is 6.54 Å². The number of hydrogen-bond acceptors (Lipinski definition) is 2. The summed E-state index contributed by atoms with van der Waals surface area (Å²) in [5.41, 5.74) is 0. The van der Waals surface area contributed by atoms with Gasteiger partial charge in [-0.05, 0) is 12.8 Å². The molecule has 1 aliphatic heterocycles. The third-order valence-electron chi connectivity index (χ3n) is 2.11. The molecule has 0 aromatic heterocycles. The topological polar surface area (TPSA) is 57.6 Å². The Labute approximate surface area is 74.2 Å². The van der Waals surface area contributed by atoms with E-state index in [2.05, 4.69) is 0 Å². The quantitative estimate of drug-likeness (QED) is 0.603. The van der Waals surface area contributed by atoms with E-state index in [4.69, 9.17) is 4.55 Å². The zero-order valence-corrected chi connectivity index (χ0v) is 7.84. The van der Waals surface area contributed by atoms with E-state index < -0.39 is 11.1 Å². The van der Waals surface area contributed by atoms with Crippen LogP contribution in [0.4, 0.5) is 0 Å². The first-order valence-corrected chi connectivity index (χ1v) is 5.13. The van der Waals surface area contributed by atoms with Gasteiger partial charge in [-0.25, -0.2) is 4.21 Å². The van der Waals surface area contributed by atoms with Gasteiger partial charge in [0.2, 0.25) is 5.91 Å². The van der Waals surface area contributed by atoms with Crippen molar-refractivity contribution in [2.45, 2.75) is 25.0 Å². The molecule has 0 radical (unpaired) electrons. The number of nitrogens with zero attached hydrogens (tertiary/aromatic N) is 1. The molecule has 5 heteroatoms. The lowest BCUT2D eigenvalue weighted by molar-refractivity contribution is -0.129. The molecule has 0 aromatic rings. The Bertz CT molecular complexity index is 187. The molecule has 0 aliphatic carbocycles. The van der Waals surface area contributed by atoms with Crippen molar-refractivity contribution in [2.24, 2.45) is 0 Å². The van der Waals surface area contributed by atoms with Crippen molar-refractivity contribution in [2.75, 3.05) is 13.1 Å². The van der Waals surface area contributed by atoms with Crippen LogP contribution < -0.4 is 0 Å². The average molecular weight is 191 g/mol. The molecule has 0 saturated carbocycles. The Kier molecular flexibility index (Phi) is 3.22. The lowest BCUT2D eigenvalue weighted by atomic mass is 10.1. The fourth-order valence-electron chi connectivity index (χ4n) is 1.39. The maximum atomic E-state index is 10.9. The van der Waals surface area contributed by atoms with E-state index in [0.717, 1.165) is 19.4 Å². The van der Waals surface area contributed by atoms with Gasteiger partial charge in [0.05, 0.1) is 5.25 Å². The molecule has 12 heavy (non-hydrogen) atoms. The molecule has 1 N–H and O–H groups in total. The molecule has 1 saturated heterocycles. The van der Waals surface area contributed by atoms with Crippen LogP contribution in [0.5, 0.6) is 0 Å². The van der Waals surface area contributed by atoms with Crippen LogP contribution in [0.2, 0.25) is 0 Å². The van der Waals surface area contributed by atoms with E-state index in [-0.39, 0.29) is 11.2 Å². The number of likely N-dealkylation sites (tertiary alicyclic amines) is 1. The molecule has 2 atom stereocenters. The summed E-state index contributed by atoms with van der Waals surface area (Å²) in [5.74, 6) is -0.00912. The lowest BCUT2D eigenvalue weighted by Gasteiger charge is -2.29. The number of piperidine rings is 1. The predicted octanol–water partition coefficient (Wildman–Crippen LogP) is 0.219. The number of amides is 1. The average Bonchev–Trinajstić information content (AvgIpc) is 2.04. The highest BCUT2D eigenvalue weighted by Crippen LogP contribution is 2.13. The highest BCUT2D eigenvalue weighted by molar-refractivity contribution is 7.79. The van der Waals surface area contributed by atoms with Crippen molar-refractivity contribution < 1.29 is 13.6 Å². The molecule has 0 bridgehead atoms. The third kappa shape index (κ3) is 2.28. The summed E-state index contributed by atoms with van der Waals surface area (Å²) < 4.78 is 19.5. The van der Waals surface area contributed by atoms with Gasteiger partial charge in [-0.3, -0.25) is 4.79 Å². The molecular formula is C7H13NO3S.